The average molecular weight is 486 g/mol. The lowest BCUT2D eigenvalue weighted by atomic mass is 9.83. The molecule has 6 rings (SSSR count). The molecule has 1 aromatic heterocycles. The van der Waals surface area contributed by atoms with Gasteiger partial charge in [0.25, 0.3) is 0 Å². The molecule has 0 saturated carbocycles. The highest BCUT2D eigenvalue weighted by atomic mass is 35.5. The number of pyridine rings is 1. The summed E-state index contributed by atoms with van der Waals surface area (Å²) in [6.45, 7) is 0. The fraction of sp³-hybridized carbons (Fsp3) is 0. The summed E-state index contributed by atoms with van der Waals surface area (Å²) >= 11 is 12.9. The second-order valence-electron chi connectivity index (χ2n) is 7.90. The predicted octanol–water partition coefficient (Wildman–Crippen LogP) is 6.56. The van der Waals surface area contributed by atoms with Gasteiger partial charge in [0.1, 0.15) is 5.75 Å². The van der Waals surface area contributed by atoms with Gasteiger partial charge >= 0.3 is 0 Å². The Labute approximate surface area is 202 Å². The van der Waals surface area contributed by atoms with Gasteiger partial charge in [-0.25, -0.2) is 0 Å². The third-order valence-corrected chi connectivity index (χ3v) is 6.54. The number of ether oxygens (including phenoxy) is 1. The lowest BCUT2D eigenvalue weighted by Crippen LogP contribution is -2.22. The number of aromatic amines is 1. The number of rotatable bonds is 2. The highest BCUT2D eigenvalue weighted by molar-refractivity contribution is 6.40. The minimum Gasteiger partial charge on any atom is -0.454 e. The molecule has 0 amide bonds. The van der Waals surface area contributed by atoms with Gasteiger partial charge in [-0.1, -0.05) is 65.7 Å². The number of carbonyl (C=O) groups excluding carboxylic acids is 2. The lowest BCUT2D eigenvalue weighted by Gasteiger charge is -2.20. The topological polar surface area (TPSA) is 76.2 Å². The Balaban J connectivity index is 1.71. The molecule has 5 aromatic rings. The zero-order valence-electron chi connectivity index (χ0n) is 17.3. The standard InChI is InChI=1S/C27H13Cl2NO4/c28-18-12-19(29)27(34-13-6-2-1-3-7-13)23-21(18)26(33)17-11-10-16-20(22(17)30-23)25(32)15-9-5-4-8-14(15)24(16)31/h1-12H,(H,30,33). The molecule has 1 heterocycles. The molecule has 1 N–H and O–H groups in total. The van der Waals surface area contributed by atoms with Crippen LogP contribution in [0.4, 0.5) is 0 Å². The van der Waals surface area contributed by atoms with Crippen LogP contribution in [0.2, 0.25) is 10.0 Å². The van der Waals surface area contributed by atoms with Crippen LogP contribution in [0.25, 0.3) is 21.8 Å². The maximum Gasteiger partial charge on any atom is 0.198 e. The van der Waals surface area contributed by atoms with Crippen LogP contribution in [-0.2, 0) is 0 Å². The van der Waals surface area contributed by atoms with Gasteiger partial charge < -0.3 is 9.72 Å². The molecular weight excluding hydrogens is 473 g/mol. The van der Waals surface area contributed by atoms with E-state index in [1.165, 1.54) is 18.2 Å². The zero-order chi connectivity index (χ0) is 23.6. The van der Waals surface area contributed by atoms with E-state index < -0.39 is 5.43 Å². The van der Waals surface area contributed by atoms with Gasteiger partial charge in [-0.3, -0.25) is 14.4 Å². The van der Waals surface area contributed by atoms with E-state index in [0.29, 0.717) is 16.9 Å². The van der Waals surface area contributed by atoms with Crippen LogP contribution in [0.15, 0.2) is 77.6 Å². The molecule has 0 radical (unpaired) electrons. The minimum absolute atomic E-state index is 0.141. The third kappa shape index (κ3) is 2.91. The van der Waals surface area contributed by atoms with Gasteiger partial charge in [0.05, 0.1) is 32.0 Å². The van der Waals surface area contributed by atoms with E-state index in [9.17, 15) is 14.4 Å². The molecule has 34 heavy (non-hydrogen) atoms. The van der Waals surface area contributed by atoms with Gasteiger partial charge in [0.15, 0.2) is 22.7 Å². The summed E-state index contributed by atoms with van der Waals surface area (Å²) in [6, 6.07) is 20.1. The quantitative estimate of drug-likeness (QED) is 0.282. The predicted molar refractivity (Wildman–Crippen MR) is 132 cm³/mol. The monoisotopic (exact) mass is 485 g/mol. The smallest absolute Gasteiger partial charge is 0.198 e. The Morgan fingerprint density at radius 1 is 0.676 bits per heavy atom. The van der Waals surface area contributed by atoms with Crippen LogP contribution in [0.3, 0.4) is 0 Å². The van der Waals surface area contributed by atoms with Crippen LogP contribution < -0.4 is 10.2 Å². The molecule has 0 atom stereocenters. The van der Waals surface area contributed by atoms with Crippen molar-refractivity contribution >= 4 is 56.6 Å². The molecule has 0 aliphatic heterocycles. The van der Waals surface area contributed by atoms with Crippen molar-refractivity contribution in [3.8, 4) is 11.5 Å². The number of hydrogen-bond donors (Lipinski definition) is 1. The molecule has 0 saturated heterocycles. The molecule has 1 aliphatic carbocycles. The summed E-state index contributed by atoms with van der Waals surface area (Å²) in [6.07, 6.45) is 0. The summed E-state index contributed by atoms with van der Waals surface area (Å²) in [5, 5.41) is 0.754. The number of halogens is 2. The van der Waals surface area contributed by atoms with Gasteiger partial charge in [0, 0.05) is 22.1 Å². The first-order valence-electron chi connectivity index (χ1n) is 10.4. The van der Waals surface area contributed by atoms with Crippen molar-refractivity contribution < 1.29 is 14.3 Å². The number of benzene rings is 4. The van der Waals surface area contributed by atoms with Crippen molar-refractivity contribution in [2.45, 2.75) is 0 Å². The molecule has 0 bridgehead atoms. The van der Waals surface area contributed by atoms with E-state index >= 15 is 0 Å². The summed E-state index contributed by atoms with van der Waals surface area (Å²) < 4.78 is 6.02. The van der Waals surface area contributed by atoms with E-state index in [1.54, 1.807) is 48.5 Å². The second kappa shape index (κ2) is 7.55. The Kier molecular flexibility index (Phi) is 4.59. The Morgan fingerprint density at radius 3 is 2.09 bits per heavy atom. The molecule has 7 heteroatoms. The van der Waals surface area contributed by atoms with Crippen LogP contribution >= 0.6 is 23.2 Å². The highest BCUT2D eigenvalue weighted by Gasteiger charge is 2.32. The third-order valence-electron chi connectivity index (χ3n) is 5.96. The van der Waals surface area contributed by atoms with Crippen molar-refractivity contribution in [1.82, 2.24) is 4.98 Å². The molecule has 0 unspecified atom stereocenters. The van der Waals surface area contributed by atoms with Crippen molar-refractivity contribution in [2.24, 2.45) is 0 Å². The summed E-state index contributed by atoms with van der Waals surface area (Å²) in [5.41, 5.74) is 1.07. The van der Waals surface area contributed by atoms with Crippen molar-refractivity contribution in [3.05, 3.63) is 115 Å². The van der Waals surface area contributed by atoms with Gasteiger partial charge in [-0.15, -0.1) is 0 Å². The number of hydrogen-bond acceptors (Lipinski definition) is 4. The van der Waals surface area contributed by atoms with Gasteiger partial charge in [0.2, 0.25) is 0 Å². The van der Waals surface area contributed by atoms with E-state index in [1.807, 2.05) is 6.07 Å². The first-order valence-corrected chi connectivity index (χ1v) is 11.1. The van der Waals surface area contributed by atoms with Crippen LogP contribution in [0.5, 0.6) is 11.5 Å². The maximum atomic E-state index is 13.5. The molecule has 5 nitrogen and oxygen atoms in total. The van der Waals surface area contributed by atoms with E-state index in [4.69, 9.17) is 27.9 Å². The maximum absolute atomic E-state index is 13.5. The fourth-order valence-electron chi connectivity index (χ4n) is 4.41. The van der Waals surface area contributed by atoms with Crippen molar-refractivity contribution in [2.75, 3.05) is 0 Å². The fourth-order valence-corrected chi connectivity index (χ4v) is 5.00. The number of ketones is 2. The number of para-hydroxylation sites is 1. The van der Waals surface area contributed by atoms with E-state index in [-0.39, 0.29) is 60.3 Å². The van der Waals surface area contributed by atoms with Gasteiger partial charge in [-0.05, 0) is 30.3 Å². The molecule has 164 valence electrons. The molecule has 1 aliphatic rings. The van der Waals surface area contributed by atoms with Crippen molar-refractivity contribution in [1.29, 1.82) is 0 Å². The van der Waals surface area contributed by atoms with Crippen LogP contribution in [0.1, 0.15) is 31.8 Å². The Hall–Kier alpha value is -3.93. The largest absolute Gasteiger partial charge is 0.454 e. The summed E-state index contributed by atoms with van der Waals surface area (Å²) in [4.78, 5) is 43.3. The molecule has 4 aromatic carbocycles. The number of H-pyrrole nitrogens is 1. The van der Waals surface area contributed by atoms with Crippen molar-refractivity contribution in [3.63, 3.8) is 0 Å². The normalized spacial score (nSPS) is 12.6. The number of nitrogens with one attached hydrogen (secondary N) is 1. The number of aromatic nitrogens is 1. The lowest BCUT2D eigenvalue weighted by molar-refractivity contribution is 0.0980. The minimum atomic E-state index is -0.398. The average Bonchev–Trinajstić information content (AvgIpc) is 2.85. The van der Waals surface area contributed by atoms with E-state index in [2.05, 4.69) is 4.98 Å². The van der Waals surface area contributed by atoms with Crippen LogP contribution in [-0.4, -0.2) is 16.6 Å². The summed E-state index contributed by atoms with van der Waals surface area (Å²) in [7, 11) is 0. The van der Waals surface area contributed by atoms with Gasteiger partial charge in [-0.2, -0.15) is 0 Å². The zero-order valence-corrected chi connectivity index (χ0v) is 18.8. The summed E-state index contributed by atoms with van der Waals surface area (Å²) in [5.74, 6) is 0.0745. The number of carbonyl (C=O) groups is 2. The first kappa shape index (κ1) is 20.7. The van der Waals surface area contributed by atoms with E-state index in [0.717, 1.165) is 0 Å². The van der Waals surface area contributed by atoms with Crippen LogP contribution in [0, 0.1) is 0 Å². The SMILES string of the molecule is O=C1c2ccccc2C(=O)c2c1ccc1c(=O)c3c(Cl)cc(Cl)c(Oc4ccccc4)c3[nH]c21. The molecule has 0 fully saturated rings. The molecule has 0 spiro atoms. The Morgan fingerprint density at radius 2 is 1.35 bits per heavy atom. The highest BCUT2D eigenvalue weighted by Crippen LogP contribution is 2.40. The second-order valence-corrected chi connectivity index (χ2v) is 8.72. The molecular formula is C27H13Cl2NO4. The number of fused-ring (bicyclic) bond motifs is 5. The first-order chi connectivity index (χ1) is 16.5. The Bertz CT molecular complexity index is 1760.